The van der Waals surface area contributed by atoms with Crippen LogP contribution >= 0.6 is 0 Å². The minimum absolute atomic E-state index is 0.0563. The van der Waals surface area contributed by atoms with Gasteiger partial charge in [0.15, 0.2) is 5.36 Å². The van der Waals surface area contributed by atoms with Crippen LogP contribution in [-0.2, 0) is 0 Å². The van der Waals surface area contributed by atoms with E-state index in [4.69, 9.17) is 5.41 Å². The highest BCUT2D eigenvalue weighted by molar-refractivity contribution is 5.91. The molecule has 0 unspecified atom stereocenters. The Kier molecular flexibility index (Phi) is 1.72. The second-order valence-electron chi connectivity index (χ2n) is 2.99. The molecule has 0 aliphatic carbocycles. The first kappa shape index (κ1) is 9.20. The van der Waals surface area contributed by atoms with E-state index in [0.29, 0.717) is 0 Å². The molecule has 0 bridgehead atoms. The first-order valence-electron chi connectivity index (χ1n) is 3.99. The first-order chi connectivity index (χ1) is 7.04. The molecule has 0 saturated carbocycles. The molecule has 2 rings (SSSR count). The van der Waals surface area contributed by atoms with Gasteiger partial charge < -0.3 is 0 Å². The number of hydrogen-bond acceptors (Lipinski definition) is 5. The Morgan fingerprint density at radius 3 is 2.47 bits per heavy atom. The maximum absolute atomic E-state index is 11.4. The molecule has 0 spiro atoms. The molecule has 6 heteroatoms. The van der Waals surface area contributed by atoms with Gasteiger partial charge in [-0.25, -0.2) is 0 Å². The number of benzene rings is 1. The van der Waals surface area contributed by atoms with E-state index in [1.165, 1.54) is 12.1 Å². The van der Waals surface area contributed by atoms with Gasteiger partial charge in [-0.1, -0.05) is 6.07 Å². The summed E-state index contributed by atoms with van der Waals surface area (Å²) in [6.45, 7) is 0. The van der Waals surface area contributed by atoms with Gasteiger partial charge in [-0.15, -0.1) is 0 Å². The van der Waals surface area contributed by atoms with E-state index in [-0.39, 0.29) is 10.8 Å². The number of rotatable bonds is 1. The lowest BCUT2D eigenvalue weighted by molar-refractivity contribution is -0.383. The lowest BCUT2D eigenvalue weighted by Crippen LogP contribution is -2.29. The van der Waals surface area contributed by atoms with Crippen molar-refractivity contribution in [2.45, 2.75) is 0 Å². The molecule has 0 aromatic heterocycles. The van der Waals surface area contributed by atoms with Crippen LogP contribution in [0.15, 0.2) is 27.8 Å². The molecule has 0 fully saturated rings. The molecule has 0 aliphatic rings. The van der Waals surface area contributed by atoms with Gasteiger partial charge in [0.1, 0.15) is 5.39 Å². The summed E-state index contributed by atoms with van der Waals surface area (Å²) in [4.78, 5) is 32.6. The Bertz CT molecular complexity index is 710. The molecule has 6 nitrogen and oxygen atoms in total. The summed E-state index contributed by atoms with van der Waals surface area (Å²) in [5, 5.41) is 16.7. The van der Waals surface area contributed by atoms with Gasteiger partial charge in [0.25, 0.3) is 5.69 Å². The molecule has 0 aliphatic heterocycles. The van der Waals surface area contributed by atoms with Crippen molar-refractivity contribution in [3.05, 3.63) is 54.1 Å². The van der Waals surface area contributed by atoms with Gasteiger partial charge in [-0.3, -0.25) is 25.1 Å². The Morgan fingerprint density at radius 2 is 1.87 bits per heavy atom. The SMILES string of the molecule is N=c1c(=O)c2cccc([N+](=O)[O-])c2c1=O. The van der Waals surface area contributed by atoms with Crippen molar-refractivity contribution in [1.82, 2.24) is 0 Å². The summed E-state index contributed by atoms with van der Waals surface area (Å²) < 4.78 is 0. The fourth-order valence-electron chi connectivity index (χ4n) is 1.48. The lowest BCUT2D eigenvalue weighted by Gasteiger charge is -1.90. The summed E-state index contributed by atoms with van der Waals surface area (Å²) in [6, 6.07) is 3.77. The maximum atomic E-state index is 11.4. The molecule has 1 N–H and O–H groups in total. The van der Waals surface area contributed by atoms with Gasteiger partial charge in [0.05, 0.1) is 4.92 Å². The number of nitro benzene ring substituents is 1. The van der Waals surface area contributed by atoms with E-state index >= 15 is 0 Å². The summed E-state index contributed by atoms with van der Waals surface area (Å²) in [5.41, 5.74) is -2.05. The number of fused-ring (bicyclic) bond motifs is 1. The molecular weight excluding hydrogens is 200 g/mol. The fraction of sp³-hybridized carbons (Fsp3) is 0. The monoisotopic (exact) mass is 204 g/mol. The topological polar surface area (TPSA) is 101 Å². The zero-order valence-electron chi connectivity index (χ0n) is 7.31. The number of nitro groups is 1. The minimum Gasteiger partial charge on any atom is -0.293 e. The smallest absolute Gasteiger partial charge is 0.281 e. The van der Waals surface area contributed by atoms with Gasteiger partial charge in [0.2, 0.25) is 10.9 Å². The minimum atomic E-state index is -0.873. The van der Waals surface area contributed by atoms with Crippen molar-refractivity contribution < 1.29 is 4.92 Å². The molecule has 2 aromatic carbocycles. The van der Waals surface area contributed by atoms with Crippen LogP contribution in [0.4, 0.5) is 5.69 Å². The van der Waals surface area contributed by atoms with Gasteiger partial charge in [-0.2, -0.15) is 0 Å². The third-order valence-electron chi connectivity index (χ3n) is 2.16. The van der Waals surface area contributed by atoms with Gasteiger partial charge in [-0.05, 0) is 6.07 Å². The average molecular weight is 204 g/mol. The Morgan fingerprint density at radius 1 is 1.20 bits per heavy atom. The van der Waals surface area contributed by atoms with Crippen LogP contribution in [-0.4, -0.2) is 4.92 Å². The summed E-state index contributed by atoms with van der Waals surface area (Å²) in [7, 11) is 0. The first-order valence-corrected chi connectivity index (χ1v) is 3.99. The van der Waals surface area contributed by atoms with Crippen molar-refractivity contribution in [2.24, 2.45) is 0 Å². The maximum Gasteiger partial charge on any atom is 0.281 e. The second kappa shape index (κ2) is 2.81. The van der Waals surface area contributed by atoms with Crippen LogP contribution in [0.2, 0.25) is 0 Å². The van der Waals surface area contributed by atoms with Crippen LogP contribution in [0.25, 0.3) is 10.8 Å². The molecule has 0 atom stereocenters. The second-order valence-corrected chi connectivity index (χ2v) is 2.99. The van der Waals surface area contributed by atoms with E-state index < -0.39 is 26.8 Å². The zero-order chi connectivity index (χ0) is 11.2. The van der Waals surface area contributed by atoms with Crippen LogP contribution < -0.4 is 16.2 Å². The van der Waals surface area contributed by atoms with E-state index in [1.54, 1.807) is 0 Å². The zero-order valence-corrected chi connectivity index (χ0v) is 7.31. The quantitative estimate of drug-likeness (QED) is 0.514. The van der Waals surface area contributed by atoms with Crippen molar-refractivity contribution in [3.8, 4) is 0 Å². The molecule has 2 aromatic rings. The fourth-order valence-corrected chi connectivity index (χ4v) is 1.48. The number of hydrogen-bond donors (Lipinski definition) is 1. The highest BCUT2D eigenvalue weighted by atomic mass is 16.6. The third kappa shape index (κ3) is 1.08. The molecule has 74 valence electrons. The molecule has 0 radical (unpaired) electrons. The summed E-state index contributed by atoms with van der Waals surface area (Å²) >= 11 is 0. The van der Waals surface area contributed by atoms with E-state index in [0.717, 1.165) is 6.07 Å². The number of nitrogens with one attached hydrogen (secondary N) is 1. The molecule has 0 heterocycles. The van der Waals surface area contributed by atoms with Crippen LogP contribution in [0.3, 0.4) is 0 Å². The van der Waals surface area contributed by atoms with Crippen molar-refractivity contribution in [1.29, 1.82) is 5.41 Å². The average Bonchev–Trinajstić information content (AvgIpc) is 2.44. The Hall–Kier alpha value is -2.37. The highest BCUT2D eigenvalue weighted by Crippen LogP contribution is 2.18. The predicted octanol–water partition coefficient (Wildman–Crippen LogP) is -0.177. The van der Waals surface area contributed by atoms with Crippen molar-refractivity contribution in [3.63, 3.8) is 0 Å². The molecule has 0 saturated heterocycles. The molecule has 0 amide bonds. The summed E-state index contributed by atoms with van der Waals surface area (Å²) in [5.74, 6) is 0. The molecular formula is C9H4N2O4. The lowest BCUT2D eigenvalue weighted by atomic mass is 10.2. The number of nitrogens with zero attached hydrogens (tertiary/aromatic N) is 1. The number of non-ortho nitro benzene ring substituents is 1. The van der Waals surface area contributed by atoms with Crippen LogP contribution in [0, 0.1) is 15.5 Å². The Balaban J connectivity index is 3.20. The third-order valence-corrected chi connectivity index (χ3v) is 2.16. The standard InChI is InChI=1S/C9H4N2O4/c10-7-8(12)4-2-1-3-5(11(14)15)6(4)9(7)13/h1-3,10H. The van der Waals surface area contributed by atoms with Crippen molar-refractivity contribution in [2.75, 3.05) is 0 Å². The van der Waals surface area contributed by atoms with Gasteiger partial charge >= 0.3 is 0 Å². The predicted molar refractivity (Wildman–Crippen MR) is 51.4 cm³/mol. The largest absolute Gasteiger partial charge is 0.293 e. The van der Waals surface area contributed by atoms with Crippen LogP contribution in [0.5, 0.6) is 0 Å². The van der Waals surface area contributed by atoms with Gasteiger partial charge in [0, 0.05) is 11.5 Å². The van der Waals surface area contributed by atoms with E-state index in [2.05, 4.69) is 0 Å². The van der Waals surface area contributed by atoms with E-state index in [1.807, 2.05) is 0 Å². The normalized spacial score (nSPS) is 10.7. The Labute approximate surface area is 81.8 Å². The van der Waals surface area contributed by atoms with E-state index in [9.17, 15) is 19.7 Å². The van der Waals surface area contributed by atoms with Crippen molar-refractivity contribution >= 4 is 16.5 Å². The molecule has 15 heavy (non-hydrogen) atoms. The van der Waals surface area contributed by atoms with Crippen LogP contribution in [0.1, 0.15) is 0 Å². The highest BCUT2D eigenvalue weighted by Gasteiger charge is 2.19. The summed E-state index contributed by atoms with van der Waals surface area (Å²) in [6.07, 6.45) is 0.